The Morgan fingerprint density at radius 3 is 2.68 bits per heavy atom. The molecule has 1 aliphatic heterocycles. The average Bonchev–Trinajstić information content (AvgIpc) is 2.82. The molecule has 0 aliphatic carbocycles. The number of aryl methyl sites for hydroxylation is 1. The molecule has 1 aromatic heterocycles. The Labute approximate surface area is 127 Å². The standard InChI is InChI=1S/C16H17N3O3/c1-16(15(21)22-3)10-11-6-4-5-7-12(11)19(16)13-8-9-14(20)18(2)17-13/h4-9H,10H2,1-3H3. The second kappa shape index (κ2) is 4.98. The molecular weight excluding hydrogens is 282 g/mol. The number of aromatic nitrogens is 2. The predicted octanol–water partition coefficient (Wildman–Crippen LogP) is 1.41. The Morgan fingerprint density at radius 1 is 1.27 bits per heavy atom. The van der Waals surface area contributed by atoms with E-state index in [1.807, 2.05) is 36.1 Å². The minimum absolute atomic E-state index is 0.198. The van der Waals surface area contributed by atoms with Gasteiger partial charge in [0.05, 0.1) is 7.11 Å². The van der Waals surface area contributed by atoms with Gasteiger partial charge in [0.1, 0.15) is 5.54 Å². The van der Waals surface area contributed by atoms with E-state index in [2.05, 4.69) is 5.10 Å². The average molecular weight is 299 g/mol. The number of anilines is 2. The lowest BCUT2D eigenvalue weighted by Crippen LogP contribution is -2.49. The summed E-state index contributed by atoms with van der Waals surface area (Å²) in [5, 5.41) is 4.29. The summed E-state index contributed by atoms with van der Waals surface area (Å²) in [6.07, 6.45) is 0.528. The van der Waals surface area contributed by atoms with E-state index >= 15 is 0 Å². The van der Waals surface area contributed by atoms with Crippen LogP contribution in [0.3, 0.4) is 0 Å². The third-order valence-corrected chi connectivity index (χ3v) is 4.06. The molecule has 1 unspecified atom stereocenters. The Bertz CT molecular complexity index is 799. The molecule has 0 spiro atoms. The molecule has 0 radical (unpaired) electrons. The second-order valence-electron chi connectivity index (χ2n) is 5.56. The van der Waals surface area contributed by atoms with Gasteiger partial charge in [0.2, 0.25) is 0 Å². The molecule has 0 amide bonds. The monoisotopic (exact) mass is 299 g/mol. The Hall–Kier alpha value is -2.63. The number of fused-ring (bicyclic) bond motifs is 1. The molecule has 0 N–H and O–H groups in total. The van der Waals surface area contributed by atoms with Gasteiger partial charge in [0, 0.05) is 25.2 Å². The lowest BCUT2D eigenvalue weighted by atomic mass is 9.96. The Kier molecular flexibility index (Phi) is 3.24. The topological polar surface area (TPSA) is 64.4 Å². The number of benzene rings is 1. The van der Waals surface area contributed by atoms with Gasteiger partial charge >= 0.3 is 5.97 Å². The van der Waals surface area contributed by atoms with Crippen molar-refractivity contribution < 1.29 is 9.53 Å². The number of rotatable bonds is 2. The zero-order valence-corrected chi connectivity index (χ0v) is 12.7. The lowest BCUT2D eigenvalue weighted by molar-refractivity contribution is -0.145. The van der Waals surface area contributed by atoms with Gasteiger partial charge in [-0.25, -0.2) is 9.48 Å². The first-order valence-corrected chi connectivity index (χ1v) is 6.98. The number of para-hydroxylation sites is 1. The Balaban J connectivity index is 2.20. The minimum atomic E-state index is -0.886. The summed E-state index contributed by atoms with van der Waals surface area (Å²) in [5.41, 5.74) is 0.867. The number of ether oxygens (including phenoxy) is 1. The number of methoxy groups -OCH3 is 1. The summed E-state index contributed by atoms with van der Waals surface area (Å²) in [6.45, 7) is 1.83. The van der Waals surface area contributed by atoms with Crippen LogP contribution >= 0.6 is 0 Å². The summed E-state index contributed by atoms with van der Waals surface area (Å²) in [7, 11) is 2.96. The van der Waals surface area contributed by atoms with E-state index in [1.165, 1.54) is 17.9 Å². The Morgan fingerprint density at radius 2 is 2.00 bits per heavy atom. The van der Waals surface area contributed by atoms with Crippen LogP contribution in [0.15, 0.2) is 41.2 Å². The maximum Gasteiger partial charge on any atom is 0.332 e. The van der Waals surface area contributed by atoms with Crippen LogP contribution in [0.1, 0.15) is 12.5 Å². The third-order valence-electron chi connectivity index (χ3n) is 4.06. The molecule has 2 heterocycles. The molecule has 6 heteroatoms. The second-order valence-corrected chi connectivity index (χ2v) is 5.56. The minimum Gasteiger partial charge on any atom is -0.467 e. The van der Waals surface area contributed by atoms with Crippen molar-refractivity contribution in [3.8, 4) is 0 Å². The fraction of sp³-hybridized carbons (Fsp3) is 0.312. The summed E-state index contributed by atoms with van der Waals surface area (Å²) >= 11 is 0. The van der Waals surface area contributed by atoms with E-state index in [-0.39, 0.29) is 11.5 Å². The van der Waals surface area contributed by atoms with E-state index < -0.39 is 5.54 Å². The van der Waals surface area contributed by atoms with Gasteiger partial charge in [-0.2, -0.15) is 5.10 Å². The van der Waals surface area contributed by atoms with E-state index in [0.29, 0.717) is 12.2 Å². The van der Waals surface area contributed by atoms with Crippen molar-refractivity contribution in [3.63, 3.8) is 0 Å². The smallest absolute Gasteiger partial charge is 0.332 e. The van der Waals surface area contributed by atoms with Crippen LogP contribution in [-0.4, -0.2) is 28.4 Å². The maximum absolute atomic E-state index is 12.4. The SMILES string of the molecule is COC(=O)C1(C)Cc2ccccc2N1c1ccc(=O)n(C)n1. The molecule has 6 nitrogen and oxygen atoms in total. The van der Waals surface area contributed by atoms with Gasteiger partial charge in [-0.15, -0.1) is 0 Å². The maximum atomic E-state index is 12.4. The molecule has 1 aliphatic rings. The van der Waals surface area contributed by atoms with Crippen molar-refractivity contribution in [1.29, 1.82) is 0 Å². The number of carbonyl (C=O) groups excluding carboxylic acids is 1. The molecule has 0 saturated heterocycles. The predicted molar refractivity (Wildman–Crippen MR) is 82.2 cm³/mol. The third kappa shape index (κ3) is 1.99. The van der Waals surface area contributed by atoms with Gasteiger partial charge in [-0.1, -0.05) is 18.2 Å². The highest BCUT2D eigenvalue weighted by molar-refractivity contribution is 5.91. The number of nitrogens with zero attached hydrogens (tertiary/aromatic N) is 3. The fourth-order valence-electron chi connectivity index (χ4n) is 2.96. The molecule has 1 atom stereocenters. The normalized spacial score (nSPS) is 19.9. The van der Waals surface area contributed by atoms with Crippen LogP contribution in [0.4, 0.5) is 11.5 Å². The molecule has 3 rings (SSSR count). The van der Waals surface area contributed by atoms with Crippen molar-refractivity contribution in [1.82, 2.24) is 9.78 Å². The highest BCUT2D eigenvalue weighted by Crippen LogP contribution is 2.43. The van der Waals surface area contributed by atoms with E-state index in [0.717, 1.165) is 11.3 Å². The number of hydrogen-bond acceptors (Lipinski definition) is 5. The van der Waals surface area contributed by atoms with Gasteiger partial charge < -0.3 is 9.64 Å². The van der Waals surface area contributed by atoms with E-state index in [4.69, 9.17) is 4.74 Å². The van der Waals surface area contributed by atoms with Gasteiger partial charge in [-0.3, -0.25) is 4.79 Å². The molecular formula is C16H17N3O3. The summed E-state index contributed by atoms with van der Waals surface area (Å²) in [4.78, 5) is 25.8. The number of hydrogen-bond donors (Lipinski definition) is 0. The molecule has 1 aromatic carbocycles. The van der Waals surface area contributed by atoms with Crippen LogP contribution in [0.25, 0.3) is 0 Å². The zero-order chi connectivity index (χ0) is 15.9. The van der Waals surface area contributed by atoms with Crippen molar-refractivity contribution in [2.24, 2.45) is 7.05 Å². The first-order valence-electron chi connectivity index (χ1n) is 6.98. The van der Waals surface area contributed by atoms with Gasteiger partial charge in [0.15, 0.2) is 5.82 Å². The van der Waals surface area contributed by atoms with Crippen LogP contribution in [-0.2, 0) is 23.0 Å². The van der Waals surface area contributed by atoms with Crippen molar-refractivity contribution in [3.05, 3.63) is 52.3 Å². The molecule has 0 fully saturated rings. The summed E-state index contributed by atoms with van der Waals surface area (Å²) in [6, 6.07) is 10.9. The van der Waals surface area contributed by atoms with Crippen molar-refractivity contribution >= 4 is 17.5 Å². The number of esters is 1. The van der Waals surface area contributed by atoms with E-state index in [1.54, 1.807) is 13.1 Å². The van der Waals surface area contributed by atoms with Gasteiger partial charge in [-0.05, 0) is 24.6 Å². The molecule has 0 bridgehead atoms. The van der Waals surface area contributed by atoms with Crippen molar-refractivity contribution in [2.75, 3.05) is 12.0 Å². The fourth-order valence-corrected chi connectivity index (χ4v) is 2.96. The highest BCUT2D eigenvalue weighted by Gasteiger charge is 2.48. The summed E-state index contributed by atoms with van der Waals surface area (Å²) < 4.78 is 6.26. The largest absolute Gasteiger partial charge is 0.467 e. The molecule has 114 valence electrons. The zero-order valence-electron chi connectivity index (χ0n) is 12.7. The van der Waals surface area contributed by atoms with Crippen LogP contribution in [0, 0.1) is 0 Å². The molecule has 22 heavy (non-hydrogen) atoms. The van der Waals surface area contributed by atoms with Crippen LogP contribution < -0.4 is 10.5 Å². The highest BCUT2D eigenvalue weighted by atomic mass is 16.5. The van der Waals surface area contributed by atoms with E-state index in [9.17, 15) is 9.59 Å². The summed E-state index contributed by atoms with van der Waals surface area (Å²) in [5.74, 6) is 0.208. The first-order chi connectivity index (χ1) is 10.5. The van der Waals surface area contributed by atoms with Crippen molar-refractivity contribution in [2.45, 2.75) is 18.9 Å². The quantitative estimate of drug-likeness (QED) is 0.784. The first kappa shape index (κ1) is 14.3. The number of carbonyl (C=O) groups is 1. The van der Waals surface area contributed by atoms with Crippen LogP contribution in [0.5, 0.6) is 0 Å². The van der Waals surface area contributed by atoms with Gasteiger partial charge in [0.25, 0.3) is 5.56 Å². The molecule has 0 saturated carbocycles. The lowest BCUT2D eigenvalue weighted by Gasteiger charge is -2.33. The molecule has 2 aromatic rings. The van der Waals surface area contributed by atoms with Crippen LogP contribution in [0.2, 0.25) is 0 Å².